The number of nitrogens with zero attached hydrogens (tertiary/aromatic N) is 1. The molecule has 0 amide bonds. The summed E-state index contributed by atoms with van der Waals surface area (Å²) in [5, 5.41) is 1.31. The molecule has 0 unspecified atom stereocenters. The summed E-state index contributed by atoms with van der Waals surface area (Å²) in [6.07, 6.45) is 3.47. The maximum absolute atomic E-state index is 5.45. The normalized spacial score (nSPS) is 16.6. The van der Waals surface area contributed by atoms with E-state index >= 15 is 0 Å². The number of benzene rings is 2. The minimum Gasteiger partial charge on any atom is -0.497 e. The van der Waals surface area contributed by atoms with E-state index in [9.17, 15) is 0 Å². The highest BCUT2D eigenvalue weighted by Gasteiger charge is 2.30. The Kier molecular flexibility index (Phi) is 3.56. The molecule has 0 bridgehead atoms. The van der Waals surface area contributed by atoms with Crippen LogP contribution in [0.3, 0.4) is 0 Å². The van der Waals surface area contributed by atoms with Crippen molar-refractivity contribution in [3.8, 4) is 5.75 Å². The Hall–Kier alpha value is -2.68. The number of aromatic amines is 1. The molecule has 3 heteroatoms. The van der Waals surface area contributed by atoms with E-state index in [1.54, 1.807) is 7.11 Å². The zero-order chi connectivity index (χ0) is 17.7. The molecule has 5 rings (SSSR count). The number of allylic oxidation sites excluding steroid dienone is 1. The van der Waals surface area contributed by atoms with Crippen molar-refractivity contribution in [2.45, 2.75) is 26.2 Å². The monoisotopic (exact) mass is 344 g/mol. The van der Waals surface area contributed by atoms with Gasteiger partial charge in [0.25, 0.3) is 0 Å². The second-order valence-electron chi connectivity index (χ2n) is 7.42. The standard InChI is InChI=1S/C23H24N2O/c1-15-5-7-16(8-6-15)18-4-3-12-25-13-11-19-20-14-17(26-2)9-10-21(20)24-22(19)23(18)25/h5-10,14,24H,3-4,11-13H2,1-2H3. The minimum absolute atomic E-state index is 0.929. The molecule has 1 N–H and O–H groups in total. The van der Waals surface area contributed by atoms with Crippen LogP contribution >= 0.6 is 0 Å². The summed E-state index contributed by atoms with van der Waals surface area (Å²) >= 11 is 0. The lowest BCUT2D eigenvalue weighted by Crippen LogP contribution is -2.33. The third kappa shape index (κ3) is 2.34. The van der Waals surface area contributed by atoms with Crippen LogP contribution in [0.4, 0.5) is 0 Å². The van der Waals surface area contributed by atoms with Gasteiger partial charge in [0.15, 0.2) is 0 Å². The number of rotatable bonds is 2. The molecule has 1 aromatic heterocycles. The molecule has 0 spiro atoms. The first-order valence-corrected chi connectivity index (χ1v) is 9.48. The molecular formula is C23H24N2O. The number of ether oxygens (including phenoxy) is 1. The molecule has 3 aromatic rings. The molecule has 3 heterocycles. The fraction of sp³-hybridized carbons (Fsp3) is 0.304. The van der Waals surface area contributed by atoms with Crippen LogP contribution in [0, 0.1) is 6.92 Å². The molecule has 0 saturated heterocycles. The van der Waals surface area contributed by atoms with Crippen molar-refractivity contribution in [3.63, 3.8) is 0 Å². The van der Waals surface area contributed by atoms with Crippen molar-refractivity contribution in [3.05, 3.63) is 64.8 Å². The van der Waals surface area contributed by atoms with Crippen LogP contribution in [0.5, 0.6) is 5.75 Å². The Balaban J connectivity index is 1.74. The van der Waals surface area contributed by atoms with Crippen molar-refractivity contribution in [1.82, 2.24) is 9.88 Å². The minimum atomic E-state index is 0.929. The van der Waals surface area contributed by atoms with Crippen LogP contribution in [0.25, 0.3) is 22.2 Å². The summed E-state index contributed by atoms with van der Waals surface area (Å²) in [5.41, 5.74) is 9.53. The molecule has 0 atom stereocenters. The first-order valence-electron chi connectivity index (χ1n) is 9.48. The summed E-state index contributed by atoms with van der Waals surface area (Å²) in [6, 6.07) is 15.4. The summed E-state index contributed by atoms with van der Waals surface area (Å²) in [5.74, 6) is 0.929. The van der Waals surface area contributed by atoms with E-state index in [2.05, 4.69) is 53.2 Å². The largest absolute Gasteiger partial charge is 0.497 e. The van der Waals surface area contributed by atoms with Crippen molar-refractivity contribution < 1.29 is 4.74 Å². The average molecular weight is 344 g/mol. The average Bonchev–Trinajstić information content (AvgIpc) is 3.06. The van der Waals surface area contributed by atoms with E-state index in [0.717, 1.165) is 31.7 Å². The summed E-state index contributed by atoms with van der Waals surface area (Å²) in [6.45, 7) is 4.41. The lowest BCUT2D eigenvalue weighted by molar-refractivity contribution is 0.373. The van der Waals surface area contributed by atoms with Gasteiger partial charge in [-0.1, -0.05) is 29.8 Å². The Morgan fingerprint density at radius 2 is 1.85 bits per heavy atom. The first kappa shape index (κ1) is 15.6. The topological polar surface area (TPSA) is 28.3 Å². The van der Waals surface area contributed by atoms with Gasteiger partial charge in [0, 0.05) is 24.0 Å². The summed E-state index contributed by atoms with van der Waals surface area (Å²) in [4.78, 5) is 6.30. The van der Waals surface area contributed by atoms with Gasteiger partial charge >= 0.3 is 0 Å². The van der Waals surface area contributed by atoms with E-state index in [0.29, 0.717) is 0 Å². The fourth-order valence-electron chi connectivity index (χ4n) is 4.50. The Morgan fingerprint density at radius 3 is 2.65 bits per heavy atom. The lowest BCUT2D eigenvalue weighted by atomic mass is 9.89. The molecule has 0 fully saturated rings. The Morgan fingerprint density at radius 1 is 1.00 bits per heavy atom. The number of H-pyrrole nitrogens is 1. The van der Waals surface area contributed by atoms with Gasteiger partial charge < -0.3 is 14.6 Å². The first-order chi connectivity index (χ1) is 12.7. The number of hydrogen-bond donors (Lipinski definition) is 1. The number of nitrogens with one attached hydrogen (secondary N) is 1. The van der Waals surface area contributed by atoms with Crippen LogP contribution in [0.15, 0.2) is 42.5 Å². The van der Waals surface area contributed by atoms with Crippen molar-refractivity contribution in [2.24, 2.45) is 0 Å². The molecule has 26 heavy (non-hydrogen) atoms. The Bertz CT molecular complexity index is 1010. The molecule has 2 aromatic carbocycles. The number of aromatic nitrogens is 1. The van der Waals surface area contributed by atoms with E-state index in [1.807, 2.05) is 6.07 Å². The van der Waals surface area contributed by atoms with Gasteiger partial charge in [-0.2, -0.15) is 0 Å². The third-order valence-electron chi connectivity index (χ3n) is 5.84. The number of hydrogen-bond acceptors (Lipinski definition) is 2. The van der Waals surface area contributed by atoms with E-state index in [1.165, 1.54) is 51.0 Å². The maximum atomic E-state index is 5.45. The zero-order valence-corrected chi connectivity index (χ0v) is 15.4. The smallest absolute Gasteiger partial charge is 0.119 e. The fourth-order valence-corrected chi connectivity index (χ4v) is 4.50. The third-order valence-corrected chi connectivity index (χ3v) is 5.84. The molecule has 3 nitrogen and oxygen atoms in total. The maximum Gasteiger partial charge on any atom is 0.119 e. The van der Waals surface area contributed by atoms with Gasteiger partial charge in [0.05, 0.1) is 18.5 Å². The van der Waals surface area contributed by atoms with Crippen LogP contribution in [-0.4, -0.2) is 30.1 Å². The van der Waals surface area contributed by atoms with E-state index in [4.69, 9.17) is 4.74 Å². The highest BCUT2D eigenvalue weighted by atomic mass is 16.5. The molecular weight excluding hydrogens is 320 g/mol. The predicted molar refractivity (Wildman–Crippen MR) is 107 cm³/mol. The molecule has 0 saturated carbocycles. The highest BCUT2D eigenvalue weighted by molar-refractivity contribution is 5.97. The second-order valence-corrected chi connectivity index (χ2v) is 7.42. The SMILES string of the molecule is COc1ccc2[nH]c3c(c2c1)CCN1CCCC(c2ccc(C)cc2)=C31. The van der Waals surface area contributed by atoms with E-state index in [-0.39, 0.29) is 0 Å². The van der Waals surface area contributed by atoms with Crippen LogP contribution in [0.2, 0.25) is 0 Å². The predicted octanol–water partition coefficient (Wildman–Crippen LogP) is 5.01. The summed E-state index contributed by atoms with van der Waals surface area (Å²) < 4.78 is 5.45. The molecule has 2 aliphatic rings. The van der Waals surface area contributed by atoms with Crippen LogP contribution in [-0.2, 0) is 6.42 Å². The van der Waals surface area contributed by atoms with Gasteiger partial charge in [-0.05, 0) is 61.1 Å². The van der Waals surface area contributed by atoms with Gasteiger partial charge in [0.1, 0.15) is 5.75 Å². The Labute approximate surface area is 154 Å². The van der Waals surface area contributed by atoms with Crippen molar-refractivity contribution in [2.75, 3.05) is 20.2 Å². The summed E-state index contributed by atoms with van der Waals surface area (Å²) in [7, 11) is 1.74. The van der Waals surface area contributed by atoms with Gasteiger partial charge in [-0.3, -0.25) is 0 Å². The lowest BCUT2D eigenvalue weighted by Gasteiger charge is -2.37. The zero-order valence-electron chi connectivity index (χ0n) is 15.4. The van der Waals surface area contributed by atoms with Crippen LogP contribution < -0.4 is 4.74 Å². The van der Waals surface area contributed by atoms with Crippen LogP contribution in [0.1, 0.15) is 35.2 Å². The van der Waals surface area contributed by atoms with Gasteiger partial charge in [-0.25, -0.2) is 0 Å². The molecule has 0 aliphatic carbocycles. The van der Waals surface area contributed by atoms with Crippen molar-refractivity contribution >= 4 is 22.2 Å². The molecule has 0 radical (unpaired) electrons. The van der Waals surface area contributed by atoms with Gasteiger partial charge in [-0.15, -0.1) is 0 Å². The number of aryl methyl sites for hydroxylation is 1. The number of fused-ring (bicyclic) bond motifs is 5. The van der Waals surface area contributed by atoms with Gasteiger partial charge in [0.2, 0.25) is 0 Å². The number of methoxy groups -OCH3 is 1. The quantitative estimate of drug-likeness (QED) is 0.708. The highest BCUT2D eigenvalue weighted by Crippen LogP contribution is 2.42. The second kappa shape index (κ2) is 5.94. The molecule has 2 aliphatic heterocycles. The molecule has 132 valence electrons. The van der Waals surface area contributed by atoms with E-state index < -0.39 is 0 Å². The van der Waals surface area contributed by atoms with Crippen molar-refractivity contribution in [1.29, 1.82) is 0 Å².